The Balaban J connectivity index is 0.00000324. The van der Waals surface area contributed by atoms with Gasteiger partial charge in [-0.1, -0.05) is 24.3 Å². The first-order valence-electron chi connectivity index (χ1n) is 11.0. The Kier molecular flexibility index (Phi) is 8.10. The van der Waals surface area contributed by atoms with E-state index in [1.807, 2.05) is 41.2 Å². The molecule has 3 aromatic rings. The topological polar surface area (TPSA) is 68.5 Å². The summed E-state index contributed by atoms with van der Waals surface area (Å²) < 4.78 is 12.8. The number of hydrogen-bond donors (Lipinski definition) is 1. The summed E-state index contributed by atoms with van der Waals surface area (Å²) >= 11 is 0. The molecule has 1 aliphatic carbocycles. The number of carbonyl (C=O) groups excluding carboxylic acids is 2. The van der Waals surface area contributed by atoms with Crippen molar-refractivity contribution >= 4 is 11.7 Å². The average Bonchev–Trinajstić information content (AvgIpc) is 3.14. The van der Waals surface area contributed by atoms with Gasteiger partial charge < -0.3 is 31.8 Å². The number of pyridine rings is 1. The van der Waals surface area contributed by atoms with Crippen LogP contribution in [0, 0.1) is 12.8 Å². The SMILES string of the molecule is CNC(=O)c1c[n+](Cc2ccccc2C)ccc1CC1Cc2cc(OC)c(OC)cc2C1=O.[Br-]. The van der Waals surface area contributed by atoms with Crippen molar-refractivity contribution in [3.05, 3.63) is 88.2 Å². The van der Waals surface area contributed by atoms with Crippen molar-refractivity contribution in [2.75, 3.05) is 21.3 Å². The fourth-order valence-electron chi connectivity index (χ4n) is 4.49. The largest absolute Gasteiger partial charge is 1.00 e. The van der Waals surface area contributed by atoms with Crippen molar-refractivity contribution in [2.45, 2.75) is 26.3 Å². The van der Waals surface area contributed by atoms with Crippen molar-refractivity contribution < 1.29 is 40.6 Å². The lowest BCUT2D eigenvalue weighted by atomic mass is 9.93. The molecule has 1 aliphatic rings. The Labute approximate surface area is 210 Å². The van der Waals surface area contributed by atoms with Crippen LogP contribution < -0.4 is 36.3 Å². The number of amides is 1. The summed E-state index contributed by atoms with van der Waals surface area (Å²) in [5, 5.41) is 2.74. The van der Waals surface area contributed by atoms with Crippen LogP contribution >= 0.6 is 0 Å². The molecule has 0 aliphatic heterocycles. The van der Waals surface area contributed by atoms with Gasteiger partial charge in [-0.25, -0.2) is 0 Å². The van der Waals surface area contributed by atoms with Crippen LogP contribution in [0.15, 0.2) is 54.9 Å². The predicted octanol–water partition coefficient (Wildman–Crippen LogP) is 0.309. The van der Waals surface area contributed by atoms with Gasteiger partial charge in [0.2, 0.25) is 0 Å². The van der Waals surface area contributed by atoms with Crippen LogP contribution in [-0.4, -0.2) is 33.0 Å². The first-order valence-corrected chi connectivity index (χ1v) is 11.0. The van der Waals surface area contributed by atoms with Gasteiger partial charge in [0.05, 0.1) is 14.2 Å². The van der Waals surface area contributed by atoms with Gasteiger partial charge in [0.15, 0.2) is 36.2 Å². The van der Waals surface area contributed by atoms with E-state index in [0.717, 1.165) is 11.1 Å². The minimum atomic E-state index is -0.229. The van der Waals surface area contributed by atoms with Crippen LogP contribution in [0.4, 0.5) is 0 Å². The number of aromatic nitrogens is 1. The van der Waals surface area contributed by atoms with E-state index in [2.05, 4.69) is 24.4 Å². The molecule has 1 amide bonds. The first-order chi connectivity index (χ1) is 15.9. The zero-order chi connectivity index (χ0) is 23.5. The number of rotatable bonds is 7. The summed E-state index contributed by atoms with van der Waals surface area (Å²) in [6.45, 7) is 2.75. The van der Waals surface area contributed by atoms with E-state index in [1.165, 1.54) is 11.1 Å². The summed E-state index contributed by atoms with van der Waals surface area (Å²) in [6, 6.07) is 13.8. The van der Waals surface area contributed by atoms with Crippen molar-refractivity contribution in [2.24, 2.45) is 5.92 Å². The van der Waals surface area contributed by atoms with Crippen LogP contribution in [0.5, 0.6) is 11.5 Å². The van der Waals surface area contributed by atoms with Crippen molar-refractivity contribution in [3.63, 3.8) is 0 Å². The van der Waals surface area contributed by atoms with Gasteiger partial charge >= 0.3 is 0 Å². The molecular weight excluding hydrogens is 496 g/mol. The van der Waals surface area contributed by atoms with E-state index in [9.17, 15) is 9.59 Å². The highest BCUT2D eigenvalue weighted by molar-refractivity contribution is 6.03. The van der Waals surface area contributed by atoms with E-state index in [4.69, 9.17) is 9.47 Å². The molecule has 34 heavy (non-hydrogen) atoms. The van der Waals surface area contributed by atoms with E-state index in [0.29, 0.717) is 42.0 Å². The second kappa shape index (κ2) is 10.8. The molecule has 4 rings (SSSR count). The number of ketones is 1. The third-order valence-electron chi connectivity index (χ3n) is 6.37. The number of benzene rings is 2. The lowest BCUT2D eigenvalue weighted by molar-refractivity contribution is -0.688. The Morgan fingerprint density at radius 2 is 1.79 bits per heavy atom. The Hall–Kier alpha value is -3.19. The smallest absolute Gasteiger partial charge is 0.257 e. The molecule has 1 atom stereocenters. The molecule has 1 unspecified atom stereocenters. The molecule has 0 saturated carbocycles. The number of nitrogens with zero attached hydrogens (tertiary/aromatic N) is 1. The number of halogens is 1. The van der Waals surface area contributed by atoms with Gasteiger partial charge in [-0.2, -0.15) is 4.57 Å². The summed E-state index contributed by atoms with van der Waals surface area (Å²) in [4.78, 5) is 25.9. The summed E-state index contributed by atoms with van der Waals surface area (Å²) in [7, 11) is 4.77. The molecule has 0 radical (unpaired) electrons. The normalized spacial score (nSPS) is 14.2. The molecule has 0 spiro atoms. The fourth-order valence-corrected chi connectivity index (χ4v) is 4.49. The van der Waals surface area contributed by atoms with E-state index < -0.39 is 0 Å². The maximum absolute atomic E-state index is 13.2. The zero-order valence-electron chi connectivity index (χ0n) is 19.9. The third kappa shape index (κ3) is 4.99. The predicted molar refractivity (Wildman–Crippen MR) is 125 cm³/mol. The lowest BCUT2D eigenvalue weighted by Gasteiger charge is -2.12. The van der Waals surface area contributed by atoms with Crippen LogP contribution in [-0.2, 0) is 19.4 Å². The van der Waals surface area contributed by atoms with Gasteiger partial charge in [0, 0.05) is 30.2 Å². The summed E-state index contributed by atoms with van der Waals surface area (Å²) in [6.07, 6.45) is 4.96. The van der Waals surface area contributed by atoms with E-state index >= 15 is 0 Å². The highest BCUT2D eigenvalue weighted by atomic mass is 79.9. The molecular formula is C27H29BrN2O4. The minimum absolute atomic E-state index is 0. The van der Waals surface area contributed by atoms with Gasteiger partial charge in [0.25, 0.3) is 5.91 Å². The third-order valence-corrected chi connectivity index (χ3v) is 6.37. The monoisotopic (exact) mass is 524 g/mol. The van der Waals surface area contributed by atoms with Crippen molar-refractivity contribution in [1.29, 1.82) is 0 Å². The molecule has 0 fully saturated rings. The Bertz CT molecular complexity index is 1230. The van der Waals surface area contributed by atoms with E-state index in [-0.39, 0.29) is 34.6 Å². The number of methoxy groups -OCH3 is 2. The summed E-state index contributed by atoms with van der Waals surface area (Å²) in [5.41, 5.74) is 5.48. The Morgan fingerprint density at radius 3 is 2.47 bits per heavy atom. The second-order valence-electron chi connectivity index (χ2n) is 8.40. The zero-order valence-corrected chi connectivity index (χ0v) is 21.4. The molecule has 6 nitrogen and oxygen atoms in total. The van der Waals surface area contributed by atoms with Gasteiger partial charge in [-0.3, -0.25) is 9.59 Å². The Morgan fingerprint density at radius 1 is 1.09 bits per heavy atom. The first kappa shape index (κ1) is 25.4. The number of Topliss-reactive ketones (excluding diaryl/α,β-unsaturated/α-hetero) is 1. The molecule has 7 heteroatoms. The maximum Gasteiger partial charge on any atom is 0.257 e. The highest BCUT2D eigenvalue weighted by Gasteiger charge is 2.33. The molecule has 1 N–H and O–H groups in total. The number of nitrogens with one attached hydrogen (secondary N) is 1. The van der Waals surface area contributed by atoms with Gasteiger partial charge in [-0.05, 0) is 48.6 Å². The minimum Gasteiger partial charge on any atom is -1.00 e. The summed E-state index contributed by atoms with van der Waals surface area (Å²) in [5.74, 6) is 0.856. The maximum atomic E-state index is 13.2. The number of ether oxygens (including phenoxy) is 2. The van der Waals surface area contributed by atoms with Crippen LogP contribution in [0.3, 0.4) is 0 Å². The molecule has 1 aromatic heterocycles. The quantitative estimate of drug-likeness (QED) is 0.451. The number of aryl methyl sites for hydroxylation is 1. The van der Waals surface area contributed by atoms with Crippen molar-refractivity contribution in [1.82, 2.24) is 5.32 Å². The van der Waals surface area contributed by atoms with Gasteiger partial charge in [0.1, 0.15) is 5.56 Å². The average molecular weight is 525 g/mol. The number of carbonyl (C=O) groups is 2. The highest BCUT2D eigenvalue weighted by Crippen LogP contribution is 2.37. The lowest BCUT2D eigenvalue weighted by Crippen LogP contribution is -3.00. The fraction of sp³-hybridized carbons (Fsp3) is 0.296. The van der Waals surface area contributed by atoms with Crippen molar-refractivity contribution in [3.8, 4) is 11.5 Å². The van der Waals surface area contributed by atoms with Crippen LogP contribution in [0.25, 0.3) is 0 Å². The molecule has 178 valence electrons. The molecule has 1 heterocycles. The second-order valence-corrected chi connectivity index (χ2v) is 8.40. The standard InChI is InChI=1S/C27H28N2O4.BrH/c1-17-7-5-6-8-19(17)15-29-10-9-18(23(16-29)27(31)28-2)11-21-12-20-13-24(32-3)25(33-4)14-22(20)26(21)30;/h5-10,13-14,16,21H,11-12,15H2,1-4H3;1H. The number of hydrogen-bond acceptors (Lipinski definition) is 4. The van der Waals surface area contributed by atoms with Gasteiger partial charge in [-0.15, -0.1) is 0 Å². The van der Waals surface area contributed by atoms with Crippen LogP contribution in [0.1, 0.15) is 43.0 Å². The van der Waals surface area contributed by atoms with E-state index in [1.54, 1.807) is 27.3 Å². The molecule has 2 aromatic carbocycles. The molecule has 0 saturated heterocycles. The van der Waals surface area contributed by atoms with Crippen LogP contribution in [0.2, 0.25) is 0 Å². The molecule has 0 bridgehead atoms. The number of fused-ring (bicyclic) bond motifs is 1.